The fourth-order valence-corrected chi connectivity index (χ4v) is 2.20. The van der Waals surface area contributed by atoms with Crippen molar-refractivity contribution >= 4 is 17.3 Å². The molecule has 3 N–H and O–H groups in total. The SMILES string of the molecule is CCc1cc(C(=O)Nc2cc(C)c(C)cc2N)n(CC)n1. The van der Waals surface area contributed by atoms with Gasteiger partial charge >= 0.3 is 0 Å². The highest BCUT2D eigenvalue weighted by Crippen LogP contribution is 2.23. The highest BCUT2D eigenvalue weighted by Gasteiger charge is 2.15. The molecule has 0 bridgehead atoms. The van der Waals surface area contributed by atoms with Crippen molar-refractivity contribution < 1.29 is 4.79 Å². The molecular weight excluding hydrogens is 264 g/mol. The summed E-state index contributed by atoms with van der Waals surface area (Å²) in [5.41, 5.74) is 10.9. The first-order chi connectivity index (χ1) is 9.96. The summed E-state index contributed by atoms with van der Waals surface area (Å²) in [6, 6.07) is 5.60. The van der Waals surface area contributed by atoms with Crippen molar-refractivity contribution in [3.8, 4) is 0 Å². The van der Waals surface area contributed by atoms with Crippen LogP contribution in [0.5, 0.6) is 0 Å². The number of carbonyl (C=O) groups excluding carboxylic acids is 1. The maximum absolute atomic E-state index is 12.4. The van der Waals surface area contributed by atoms with Gasteiger partial charge in [-0.15, -0.1) is 0 Å². The number of carbonyl (C=O) groups is 1. The topological polar surface area (TPSA) is 72.9 Å². The van der Waals surface area contributed by atoms with Gasteiger partial charge in [0.25, 0.3) is 5.91 Å². The molecule has 0 aliphatic heterocycles. The van der Waals surface area contributed by atoms with Gasteiger partial charge in [0.1, 0.15) is 5.69 Å². The lowest BCUT2D eigenvalue weighted by Crippen LogP contribution is -2.18. The molecule has 5 heteroatoms. The molecule has 2 rings (SSSR count). The van der Waals surface area contributed by atoms with Crippen LogP contribution in [0, 0.1) is 13.8 Å². The second kappa shape index (κ2) is 5.99. The average Bonchev–Trinajstić information content (AvgIpc) is 2.88. The van der Waals surface area contributed by atoms with Gasteiger partial charge in [-0.05, 0) is 56.5 Å². The van der Waals surface area contributed by atoms with Crippen molar-refractivity contribution in [2.75, 3.05) is 11.1 Å². The Labute approximate surface area is 125 Å². The number of benzene rings is 1. The van der Waals surface area contributed by atoms with Crippen molar-refractivity contribution in [2.45, 2.75) is 40.7 Å². The van der Waals surface area contributed by atoms with Gasteiger partial charge in [0.05, 0.1) is 17.1 Å². The molecule has 5 nitrogen and oxygen atoms in total. The smallest absolute Gasteiger partial charge is 0.273 e. The Morgan fingerprint density at radius 1 is 1.24 bits per heavy atom. The van der Waals surface area contributed by atoms with Crippen LogP contribution in [0.1, 0.15) is 41.2 Å². The third-order valence-electron chi connectivity index (χ3n) is 3.64. The quantitative estimate of drug-likeness (QED) is 0.849. The predicted molar refractivity (Wildman–Crippen MR) is 85.6 cm³/mol. The van der Waals surface area contributed by atoms with Crippen LogP contribution in [0.25, 0.3) is 0 Å². The molecule has 1 aromatic carbocycles. The molecular formula is C16H22N4O. The average molecular weight is 286 g/mol. The minimum absolute atomic E-state index is 0.181. The third kappa shape index (κ3) is 3.07. The first kappa shape index (κ1) is 15.1. The van der Waals surface area contributed by atoms with Gasteiger partial charge < -0.3 is 11.1 Å². The molecule has 0 fully saturated rings. The van der Waals surface area contributed by atoms with Gasteiger partial charge in [-0.25, -0.2) is 0 Å². The summed E-state index contributed by atoms with van der Waals surface area (Å²) in [5, 5.41) is 7.27. The van der Waals surface area contributed by atoms with Gasteiger partial charge in [0, 0.05) is 6.54 Å². The van der Waals surface area contributed by atoms with Crippen molar-refractivity contribution in [3.05, 3.63) is 40.7 Å². The highest BCUT2D eigenvalue weighted by molar-refractivity contribution is 6.04. The monoisotopic (exact) mass is 286 g/mol. The van der Waals surface area contributed by atoms with Gasteiger partial charge in [-0.1, -0.05) is 6.92 Å². The maximum atomic E-state index is 12.4. The van der Waals surface area contributed by atoms with Crippen molar-refractivity contribution in [1.82, 2.24) is 9.78 Å². The lowest BCUT2D eigenvalue weighted by Gasteiger charge is -2.11. The van der Waals surface area contributed by atoms with Crippen LogP contribution in [0.3, 0.4) is 0 Å². The van der Waals surface area contributed by atoms with E-state index < -0.39 is 0 Å². The molecule has 0 radical (unpaired) electrons. The normalized spacial score (nSPS) is 10.7. The van der Waals surface area contributed by atoms with Crippen LogP contribution >= 0.6 is 0 Å². The Balaban J connectivity index is 2.30. The molecule has 0 aliphatic rings. The van der Waals surface area contributed by atoms with E-state index in [2.05, 4.69) is 10.4 Å². The standard InChI is InChI=1S/C16H22N4O/c1-5-12-9-15(20(6-2)19-12)16(21)18-14-8-11(4)10(3)7-13(14)17/h7-9H,5-6,17H2,1-4H3,(H,18,21). The zero-order valence-electron chi connectivity index (χ0n) is 13.0. The molecule has 0 saturated heterocycles. The summed E-state index contributed by atoms with van der Waals surface area (Å²) in [4.78, 5) is 12.4. The number of nitrogen functional groups attached to an aromatic ring is 1. The number of amides is 1. The van der Waals surface area contributed by atoms with Gasteiger partial charge in [-0.2, -0.15) is 5.10 Å². The highest BCUT2D eigenvalue weighted by atomic mass is 16.2. The van der Waals surface area contributed by atoms with E-state index in [1.165, 1.54) is 0 Å². The minimum Gasteiger partial charge on any atom is -0.397 e. The summed E-state index contributed by atoms with van der Waals surface area (Å²) < 4.78 is 1.71. The van der Waals surface area contributed by atoms with Gasteiger partial charge in [0.2, 0.25) is 0 Å². The summed E-state index contributed by atoms with van der Waals surface area (Å²) >= 11 is 0. The minimum atomic E-state index is -0.181. The molecule has 0 saturated carbocycles. The lowest BCUT2D eigenvalue weighted by atomic mass is 10.1. The van der Waals surface area contributed by atoms with Crippen LogP contribution < -0.4 is 11.1 Å². The summed E-state index contributed by atoms with van der Waals surface area (Å²) in [7, 11) is 0. The molecule has 0 spiro atoms. The van der Waals surface area contributed by atoms with E-state index in [0.29, 0.717) is 23.6 Å². The summed E-state index contributed by atoms with van der Waals surface area (Å²) in [6.07, 6.45) is 0.805. The third-order valence-corrected chi connectivity index (χ3v) is 3.64. The number of aryl methyl sites for hydroxylation is 4. The Bertz CT molecular complexity index is 673. The fourth-order valence-electron chi connectivity index (χ4n) is 2.20. The Morgan fingerprint density at radius 3 is 2.52 bits per heavy atom. The van der Waals surface area contributed by atoms with E-state index in [1.807, 2.05) is 45.9 Å². The number of anilines is 2. The Hall–Kier alpha value is -2.30. The largest absolute Gasteiger partial charge is 0.397 e. The molecule has 2 aromatic rings. The molecule has 1 aromatic heterocycles. The summed E-state index contributed by atoms with van der Waals surface area (Å²) in [6.45, 7) is 8.64. The Kier molecular flexibility index (Phi) is 4.31. The number of nitrogens with two attached hydrogens (primary N) is 1. The van der Waals surface area contributed by atoms with Crippen LogP contribution in [0.15, 0.2) is 18.2 Å². The number of nitrogens with one attached hydrogen (secondary N) is 1. The molecule has 0 unspecified atom stereocenters. The molecule has 1 heterocycles. The summed E-state index contributed by atoms with van der Waals surface area (Å²) in [5.74, 6) is -0.181. The van der Waals surface area contributed by atoms with Crippen LogP contribution in [0.4, 0.5) is 11.4 Å². The zero-order chi connectivity index (χ0) is 15.6. The van der Waals surface area contributed by atoms with Crippen molar-refractivity contribution in [2.24, 2.45) is 0 Å². The second-order valence-corrected chi connectivity index (χ2v) is 5.17. The number of hydrogen-bond donors (Lipinski definition) is 2. The van der Waals surface area contributed by atoms with Crippen molar-refractivity contribution in [1.29, 1.82) is 0 Å². The first-order valence-corrected chi connectivity index (χ1v) is 7.21. The van der Waals surface area contributed by atoms with E-state index in [9.17, 15) is 4.79 Å². The first-order valence-electron chi connectivity index (χ1n) is 7.21. The number of nitrogens with zero attached hydrogens (tertiary/aromatic N) is 2. The van der Waals surface area contributed by atoms with Gasteiger partial charge in [-0.3, -0.25) is 9.48 Å². The molecule has 112 valence electrons. The Morgan fingerprint density at radius 2 is 1.90 bits per heavy atom. The lowest BCUT2D eigenvalue weighted by molar-refractivity contribution is 0.101. The van der Waals surface area contributed by atoms with Gasteiger partial charge in [0.15, 0.2) is 0 Å². The number of aromatic nitrogens is 2. The van der Waals surface area contributed by atoms with E-state index in [1.54, 1.807) is 4.68 Å². The molecule has 0 aliphatic carbocycles. The van der Waals surface area contributed by atoms with E-state index in [-0.39, 0.29) is 5.91 Å². The van der Waals surface area contributed by atoms with E-state index in [0.717, 1.165) is 23.2 Å². The fraction of sp³-hybridized carbons (Fsp3) is 0.375. The zero-order valence-corrected chi connectivity index (χ0v) is 13.0. The predicted octanol–water partition coefficient (Wildman–Crippen LogP) is 2.92. The molecule has 21 heavy (non-hydrogen) atoms. The van der Waals surface area contributed by atoms with Crippen LogP contribution in [-0.4, -0.2) is 15.7 Å². The maximum Gasteiger partial charge on any atom is 0.273 e. The van der Waals surface area contributed by atoms with Crippen LogP contribution in [-0.2, 0) is 13.0 Å². The number of hydrogen-bond acceptors (Lipinski definition) is 3. The van der Waals surface area contributed by atoms with E-state index in [4.69, 9.17) is 5.73 Å². The number of rotatable bonds is 4. The van der Waals surface area contributed by atoms with Crippen molar-refractivity contribution in [3.63, 3.8) is 0 Å². The van der Waals surface area contributed by atoms with Crippen LogP contribution in [0.2, 0.25) is 0 Å². The molecule has 1 amide bonds. The molecule has 0 atom stereocenters. The second-order valence-electron chi connectivity index (χ2n) is 5.17. The van der Waals surface area contributed by atoms with E-state index >= 15 is 0 Å².